The number of nitrogens with zero attached hydrogens (tertiary/aromatic N) is 1. The summed E-state index contributed by atoms with van der Waals surface area (Å²) in [4.78, 5) is 0. The standard InChI is InChI=1S/C10H26N4/c1-4-6-9(5-2)10(12)14(3)13-8-7-11/h9-10,13H,4-8,11-12H2,1-3H3. The molecule has 0 aliphatic heterocycles. The maximum absolute atomic E-state index is 6.12. The third-order valence-corrected chi connectivity index (χ3v) is 2.62. The summed E-state index contributed by atoms with van der Waals surface area (Å²) in [5.41, 5.74) is 14.7. The fourth-order valence-corrected chi connectivity index (χ4v) is 1.65. The van der Waals surface area contributed by atoms with E-state index in [1.807, 2.05) is 12.1 Å². The second kappa shape index (κ2) is 8.17. The van der Waals surface area contributed by atoms with E-state index in [2.05, 4.69) is 19.3 Å². The molecule has 0 bridgehead atoms. The van der Waals surface area contributed by atoms with Gasteiger partial charge in [0.25, 0.3) is 0 Å². The number of hydrogen-bond donors (Lipinski definition) is 3. The predicted molar refractivity (Wildman–Crippen MR) is 61.5 cm³/mol. The Hall–Kier alpha value is -0.160. The minimum atomic E-state index is 0.0894. The maximum Gasteiger partial charge on any atom is 0.0733 e. The van der Waals surface area contributed by atoms with Crippen molar-refractivity contribution >= 4 is 0 Å². The molecule has 0 fully saturated rings. The van der Waals surface area contributed by atoms with Crippen molar-refractivity contribution in [3.63, 3.8) is 0 Å². The molecule has 2 atom stereocenters. The molecule has 0 rings (SSSR count). The summed E-state index contributed by atoms with van der Waals surface area (Å²) in [5.74, 6) is 0.565. The Balaban J connectivity index is 3.91. The Kier molecular flexibility index (Phi) is 8.08. The van der Waals surface area contributed by atoms with Gasteiger partial charge >= 0.3 is 0 Å². The van der Waals surface area contributed by atoms with E-state index in [-0.39, 0.29) is 6.17 Å². The highest BCUT2D eigenvalue weighted by Crippen LogP contribution is 2.14. The van der Waals surface area contributed by atoms with Gasteiger partial charge in [-0.1, -0.05) is 26.7 Å². The van der Waals surface area contributed by atoms with Crippen molar-refractivity contribution in [2.75, 3.05) is 20.1 Å². The van der Waals surface area contributed by atoms with Crippen LogP contribution in [0.15, 0.2) is 0 Å². The maximum atomic E-state index is 6.12. The van der Waals surface area contributed by atoms with Crippen LogP contribution >= 0.6 is 0 Å². The van der Waals surface area contributed by atoms with Crippen molar-refractivity contribution in [1.29, 1.82) is 0 Å². The number of nitrogens with one attached hydrogen (secondary N) is 1. The van der Waals surface area contributed by atoms with E-state index in [4.69, 9.17) is 11.5 Å². The van der Waals surface area contributed by atoms with Crippen molar-refractivity contribution < 1.29 is 0 Å². The predicted octanol–water partition coefficient (Wildman–Crippen LogP) is 0.493. The van der Waals surface area contributed by atoms with Gasteiger partial charge < -0.3 is 11.5 Å². The minimum Gasteiger partial charge on any atom is -0.329 e. The summed E-state index contributed by atoms with van der Waals surface area (Å²) >= 11 is 0. The Morgan fingerprint density at radius 1 is 1.36 bits per heavy atom. The third-order valence-electron chi connectivity index (χ3n) is 2.62. The molecule has 0 spiro atoms. The Morgan fingerprint density at radius 3 is 2.43 bits per heavy atom. The first kappa shape index (κ1) is 13.8. The highest BCUT2D eigenvalue weighted by Gasteiger charge is 2.18. The molecular weight excluding hydrogens is 176 g/mol. The second-order valence-corrected chi connectivity index (χ2v) is 3.76. The van der Waals surface area contributed by atoms with Crippen LogP contribution in [-0.2, 0) is 0 Å². The van der Waals surface area contributed by atoms with Gasteiger partial charge in [0.15, 0.2) is 0 Å². The Labute approximate surface area is 88.0 Å². The van der Waals surface area contributed by atoms with E-state index in [0.717, 1.165) is 13.0 Å². The van der Waals surface area contributed by atoms with Crippen LogP contribution in [0.25, 0.3) is 0 Å². The van der Waals surface area contributed by atoms with Crippen LogP contribution in [0.4, 0.5) is 0 Å². The van der Waals surface area contributed by atoms with Crippen LogP contribution in [0, 0.1) is 5.92 Å². The zero-order valence-electron chi connectivity index (χ0n) is 9.79. The summed E-state index contributed by atoms with van der Waals surface area (Å²) in [6, 6.07) is 0. The molecule has 14 heavy (non-hydrogen) atoms. The van der Waals surface area contributed by atoms with Crippen molar-refractivity contribution in [1.82, 2.24) is 10.4 Å². The lowest BCUT2D eigenvalue weighted by Gasteiger charge is -2.31. The van der Waals surface area contributed by atoms with Crippen LogP contribution in [0.2, 0.25) is 0 Å². The number of hydrazine groups is 1. The van der Waals surface area contributed by atoms with Gasteiger partial charge in [0, 0.05) is 20.1 Å². The largest absolute Gasteiger partial charge is 0.329 e. The number of rotatable bonds is 8. The molecule has 0 aromatic heterocycles. The molecule has 4 nitrogen and oxygen atoms in total. The highest BCUT2D eigenvalue weighted by atomic mass is 15.5. The van der Waals surface area contributed by atoms with E-state index < -0.39 is 0 Å². The van der Waals surface area contributed by atoms with Crippen LogP contribution in [-0.4, -0.2) is 31.3 Å². The first-order valence-electron chi connectivity index (χ1n) is 5.59. The van der Waals surface area contributed by atoms with Gasteiger partial charge in [-0.05, 0) is 12.3 Å². The lowest BCUT2D eigenvalue weighted by atomic mass is 9.97. The van der Waals surface area contributed by atoms with E-state index >= 15 is 0 Å². The molecule has 0 heterocycles. The monoisotopic (exact) mass is 202 g/mol. The molecule has 2 unspecified atom stereocenters. The first-order chi connectivity index (χ1) is 6.67. The van der Waals surface area contributed by atoms with Gasteiger partial charge in [-0.3, -0.25) is 5.43 Å². The van der Waals surface area contributed by atoms with E-state index in [0.29, 0.717) is 12.5 Å². The molecule has 4 heteroatoms. The van der Waals surface area contributed by atoms with E-state index in [1.54, 1.807) is 0 Å². The molecule has 0 aliphatic rings. The van der Waals surface area contributed by atoms with Gasteiger partial charge in [0.1, 0.15) is 0 Å². The molecule has 0 saturated heterocycles. The smallest absolute Gasteiger partial charge is 0.0733 e. The summed E-state index contributed by atoms with van der Waals surface area (Å²) in [7, 11) is 1.98. The topological polar surface area (TPSA) is 67.3 Å². The number of nitrogens with two attached hydrogens (primary N) is 2. The molecule has 0 saturated carbocycles. The molecule has 0 aromatic carbocycles. The van der Waals surface area contributed by atoms with Gasteiger partial charge in [0.05, 0.1) is 6.17 Å². The lowest BCUT2D eigenvalue weighted by molar-refractivity contribution is 0.112. The Morgan fingerprint density at radius 2 is 2.00 bits per heavy atom. The van der Waals surface area contributed by atoms with Crippen molar-refractivity contribution in [3.8, 4) is 0 Å². The van der Waals surface area contributed by atoms with E-state index in [9.17, 15) is 0 Å². The second-order valence-electron chi connectivity index (χ2n) is 3.76. The lowest BCUT2D eigenvalue weighted by Crippen LogP contribution is -2.52. The SMILES string of the molecule is CCCC(CC)C(N)N(C)NCCN. The van der Waals surface area contributed by atoms with Gasteiger partial charge in [0.2, 0.25) is 0 Å². The first-order valence-corrected chi connectivity index (χ1v) is 5.59. The summed E-state index contributed by atoms with van der Waals surface area (Å²) in [5, 5.41) is 1.98. The van der Waals surface area contributed by atoms with Crippen molar-refractivity contribution in [2.45, 2.75) is 39.3 Å². The fraction of sp³-hybridized carbons (Fsp3) is 1.00. The molecule has 86 valence electrons. The zero-order valence-corrected chi connectivity index (χ0v) is 9.79. The molecular formula is C10H26N4. The zero-order chi connectivity index (χ0) is 11.0. The van der Waals surface area contributed by atoms with Gasteiger partial charge in [-0.2, -0.15) is 0 Å². The van der Waals surface area contributed by atoms with E-state index in [1.165, 1.54) is 12.8 Å². The minimum absolute atomic E-state index is 0.0894. The Bertz CT molecular complexity index is 129. The van der Waals surface area contributed by atoms with Crippen LogP contribution < -0.4 is 16.9 Å². The summed E-state index contributed by atoms with van der Waals surface area (Å²) < 4.78 is 0. The fourth-order valence-electron chi connectivity index (χ4n) is 1.65. The summed E-state index contributed by atoms with van der Waals surface area (Å²) in [6.07, 6.45) is 3.60. The average Bonchev–Trinajstić information content (AvgIpc) is 2.21. The van der Waals surface area contributed by atoms with Crippen LogP contribution in [0.5, 0.6) is 0 Å². The normalized spacial score (nSPS) is 15.9. The quantitative estimate of drug-likeness (QED) is 0.396. The van der Waals surface area contributed by atoms with Crippen molar-refractivity contribution in [2.24, 2.45) is 17.4 Å². The summed E-state index contributed by atoms with van der Waals surface area (Å²) in [6.45, 7) is 5.81. The average molecular weight is 202 g/mol. The molecule has 5 N–H and O–H groups in total. The van der Waals surface area contributed by atoms with Crippen molar-refractivity contribution in [3.05, 3.63) is 0 Å². The third kappa shape index (κ3) is 4.91. The molecule has 0 radical (unpaired) electrons. The van der Waals surface area contributed by atoms with Gasteiger partial charge in [-0.15, -0.1) is 0 Å². The molecule has 0 amide bonds. The molecule has 0 aliphatic carbocycles. The highest BCUT2D eigenvalue weighted by molar-refractivity contribution is 4.69. The number of hydrogen-bond acceptors (Lipinski definition) is 4. The van der Waals surface area contributed by atoms with Gasteiger partial charge in [-0.25, -0.2) is 5.01 Å². The van der Waals surface area contributed by atoms with Crippen LogP contribution in [0.1, 0.15) is 33.1 Å². The van der Waals surface area contributed by atoms with Crippen LogP contribution in [0.3, 0.4) is 0 Å². The molecule has 0 aromatic rings.